The molecule has 1 unspecified atom stereocenters. The van der Waals surface area contributed by atoms with Gasteiger partial charge in [-0.2, -0.15) is 0 Å². The number of benzene rings is 1. The molecule has 0 heterocycles. The summed E-state index contributed by atoms with van der Waals surface area (Å²) in [7, 11) is 1.59. The molecule has 0 bridgehead atoms. The molecule has 0 fully saturated rings. The maximum atomic E-state index is 9.31. The fourth-order valence-corrected chi connectivity index (χ4v) is 1.64. The smallest absolute Gasteiger partial charge is 0.137 e. The van der Waals surface area contributed by atoms with E-state index in [-0.39, 0.29) is 12.0 Å². The fraction of sp³-hybridized carbons (Fsp3) is 0.538. The van der Waals surface area contributed by atoms with Crippen LogP contribution in [0.25, 0.3) is 0 Å². The predicted molar refractivity (Wildman–Crippen MR) is 72.0 cm³/mol. The third-order valence-electron chi connectivity index (χ3n) is 3.11. The van der Waals surface area contributed by atoms with Gasteiger partial charge in [-0.1, -0.05) is 25.4 Å². The van der Waals surface area contributed by atoms with Crippen LogP contribution in [0.2, 0.25) is 5.02 Å². The second kappa shape index (κ2) is 6.12. The summed E-state index contributed by atoms with van der Waals surface area (Å²) in [6.45, 7) is 4.99. The van der Waals surface area contributed by atoms with E-state index in [0.717, 1.165) is 12.1 Å². The Kier molecular flexibility index (Phi) is 5.09. The van der Waals surface area contributed by atoms with Crippen molar-refractivity contribution in [3.8, 4) is 5.75 Å². The van der Waals surface area contributed by atoms with Crippen molar-refractivity contribution in [2.75, 3.05) is 25.6 Å². The molecule has 0 aliphatic carbocycles. The van der Waals surface area contributed by atoms with Crippen molar-refractivity contribution >= 4 is 17.3 Å². The molecule has 0 aliphatic heterocycles. The van der Waals surface area contributed by atoms with Crippen LogP contribution in [0.1, 0.15) is 20.3 Å². The van der Waals surface area contributed by atoms with Gasteiger partial charge in [-0.3, -0.25) is 0 Å². The van der Waals surface area contributed by atoms with Gasteiger partial charge >= 0.3 is 0 Å². The summed E-state index contributed by atoms with van der Waals surface area (Å²) < 4.78 is 5.09. The van der Waals surface area contributed by atoms with Crippen molar-refractivity contribution in [1.29, 1.82) is 0 Å². The maximum Gasteiger partial charge on any atom is 0.137 e. The highest BCUT2D eigenvalue weighted by Gasteiger charge is 2.20. The number of hydrogen-bond acceptors (Lipinski definition) is 3. The minimum Gasteiger partial charge on any atom is -0.495 e. The first-order valence-corrected chi connectivity index (χ1v) is 6.10. The summed E-state index contributed by atoms with van der Waals surface area (Å²) in [5, 5.41) is 13.2. The molecule has 1 aromatic rings. The number of hydrogen-bond donors (Lipinski definition) is 2. The van der Waals surface area contributed by atoms with E-state index in [1.807, 2.05) is 25.1 Å². The zero-order valence-electron chi connectivity index (χ0n) is 10.6. The highest BCUT2D eigenvalue weighted by Crippen LogP contribution is 2.28. The van der Waals surface area contributed by atoms with E-state index < -0.39 is 0 Å². The van der Waals surface area contributed by atoms with Gasteiger partial charge in [0.1, 0.15) is 5.75 Å². The van der Waals surface area contributed by atoms with E-state index in [1.165, 1.54) is 0 Å². The molecule has 17 heavy (non-hydrogen) atoms. The number of methoxy groups -OCH3 is 1. The first-order chi connectivity index (χ1) is 8.04. The van der Waals surface area contributed by atoms with Gasteiger partial charge in [-0.15, -0.1) is 0 Å². The van der Waals surface area contributed by atoms with Crippen LogP contribution in [0.15, 0.2) is 18.2 Å². The molecule has 3 nitrogen and oxygen atoms in total. The van der Waals surface area contributed by atoms with Crippen molar-refractivity contribution in [2.24, 2.45) is 5.41 Å². The number of nitrogens with one attached hydrogen (secondary N) is 1. The molecule has 1 atom stereocenters. The molecule has 0 amide bonds. The highest BCUT2D eigenvalue weighted by atomic mass is 35.5. The minimum absolute atomic E-state index is 0.105. The monoisotopic (exact) mass is 257 g/mol. The topological polar surface area (TPSA) is 41.5 Å². The van der Waals surface area contributed by atoms with Crippen molar-refractivity contribution in [1.82, 2.24) is 0 Å². The van der Waals surface area contributed by atoms with Gasteiger partial charge in [0, 0.05) is 17.6 Å². The predicted octanol–water partition coefficient (Wildman–Crippen LogP) is 3.17. The summed E-state index contributed by atoms with van der Waals surface area (Å²) in [5.41, 5.74) is 0.829. The summed E-state index contributed by atoms with van der Waals surface area (Å²) in [5.74, 6) is 0.664. The number of ether oxygens (including phenoxy) is 1. The van der Waals surface area contributed by atoms with Crippen molar-refractivity contribution in [3.63, 3.8) is 0 Å². The molecule has 1 rings (SSSR count). The van der Waals surface area contributed by atoms with Crippen molar-refractivity contribution < 1.29 is 9.84 Å². The number of anilines is 1. The zero-order chi connectivity index (χ0) is 12.9. The molecule has 96 valence electrons. The number of rotatable bonds is 6. The van der Waals surface area contributed by atoms with Gasteiger partial charge in [0.25, 0.3) is 0 Å². The third-order valence-corrected chi connectivity index (χ3v) is 3.40. The lowest BCUT2D eigenvalue weighted by atomic mass is 9.88. The molecular formula is C13H20ClNO2. The lowest BCUT2D eigenvalue weighted by Gasteiger charge is -2.26. The molecule has 0 saturated heterocycles. The summed E-state index contributed by atoms with van der Waals surface area (Å²) >= 11 is 6.03. The van der Waals surface area contributed by atoms with Crippen molar-refractivity contribution in [3.05, 3.63) is 23.2 Å². The normalized spacial score (nSPS) is 14.2. The second-order valence-electron chi connectivity index (χ2n) is 4.53. The Balaban J connectivity index is 2.67. The average Bonchev–Trinajstić information content (AvgIpc) is 2.36. The van der Waals surface area contributed by atoms with Gasteiger partial charge in [-0.05, 0) is 24.6 Å². The van der Waals surface area contributed by atoms with E-state index in [0.29, 0.717) is 17.3 Å². The van der Waals surface area contributed by atoms with Gasteiger partial charge in [0.05, 0.1) is 18.7 Å². The lowest BCUT2D eigenvalue weighted by Crippen LogP contribution is -2.29. The molecule has 0 aromatic heterocycles. The standard InChI is InChI=1S/C13H20ClNO2/c1-4-13(2,9-16)8-15-10-5-6-12(17-3)11(14)7-10/h5-7,15-16H,4,8-9H2,1-3H3. The molecule has 0 saturated carbocycles. The molecule has 0 radical (unpaired) electrons. The van der Waals surface area contributed by atoms with Crippen LogP contribution < -0.4 is 10.1 Å². The quantitative estimate of drug-likeness (QED) is 0.823. The molecule has 4 heteroatoms. The number of aliphatic hydroxyl groups excluding tert-OH is 1. The zero-order valence-corrected chi connectivity index (χ0v) is 11.3. The van der Waals surface area contributed by atoms with Crippen LogP contribution in [0.4, 0.5) is 5.69 Å². The Labute approximate surface area is 108 Å². The van der Waals surface area contributed by atoms with E-state index in [9.17, 15) is 5.11 Å². The highest BCUT2D eigenvalue weighted by molar-refractivity contribution is 6.32. The third kappa shape index (κ3) is 3.79. The summed E-state index contributed by atoms with van der Waals surface area (Å²) in [6.07, 6.45) is 0.917. The Bertz CT molecular complexity index is 364. The van der Waals surface area contributed by atoms with Crippen molar-refractivity contribution in [2.45, 2.75) is 20.3 Å². The average molecular weight is 258 g/mol. The van der Waals surface area contributed by atoms with E-state index in [1.54, 1.807) is 7.11 Å². The van der Waals surface area contributed by atoms with Crippen LogP contribution in [-0.4, -0.2) is 25.4 Å². The SMILES string of the molecule is CCC(C)(CO)CNc1ccc(OC)c(Cl)c1. The van der Waals surface area contributed by atoms with Crippen LogP contribution in [0.3, 0.4) is 0 Å². The number of aliphatic hydroxyl groups is 1. The summed E-state index contributed by atoms with van der Waals surface area (Å²) in [6, 6.07) is 5.57. The second-order valence-corrected chi connectivity index (χ2v) is 4.93. The van der Waals surface area contributed by atoms with Crippen LogP contribution in [-0.2, 0) is 0 Å². The minimum atomic E-state index is -0.105. The molecule has 1 aromatic carbocycles. The van der Waals surface area contributed by atoms with Gasteiger partial charge < -0.3 is 15.2 Å². The van der Waals surface area contributed by atoms with E-state index >= 15 is 0 Å². The van der Waals surface area contributed by atoms with Crippen LogP contribution >= 0.6 is 11.6 Å². The number of halogens is 1. The lowest BCUT2D eigenvalue weighted by molar-refractivity contribution is 0.149. The Morgan fingerprint density at radius 1 is 1.47 bits per heavy atom. The van der Waals surface area contributed by atoms with Gasteiger partial charge in [0.2, 0.25) is 0 Å². The molecule has 0 aliphatic rings. The Hall–Kier alpha value is -0.930. The first-order valence-electron chi connectivity index (χ1n) is 5.73. The Morgan fingerprint density at radius 2 is 2.18 bits per heavy atom. The fourth-order valence-electron chi connectivity index (χ4n) is 1.38. The molecular weight excluding hydrogens is 238 g/mol. The van der Waals surface area contributed by atoms with Gasteiger partial charge in [-0.25, -0.2) is 0 Å². The van der Waals surface area contributed by atoms with Crippen LogP contribution in [0, 0.1) is 5.41 Å². The largest absolute Gasteiger partial charge is 0.495 e. The first kappa shape index (κ1) is 14.1. The molecule has 0 spiro atoms. The Morgan fingerprint density at radius 3 is 2.65 bits per heavy atom. The summed E-state index contributed by atoms with van der Waals surface area (Å²) in [4.78, 5) is 0. The van der Waals surface area contributed by atoms with Gasteiger partial charge in [0.15, 0.2) is 0 Å². The maximum absolute atomic E-state index is 9.31. The molecule has 2 N–H and O–H groups in total. The van der Waals surface area contributed by atoms with Crippen LogP contribution in [0.5, 0.6) is 5.75 Å². The van der Waals surface area contributed by atoms with E-state index in [4.69, 9.17) is 16.3 Å². The van der Waals surface area contributed by atoms with E-state index in [2.05, 4.69) is 12.2 Å².